The lowest BCUT2D eigenvalue weighted by Crippen LogP contribution is -2.22. The van der Waals surface area contributed by atoms with E-state index in [1.807, 2.05) is 0 Å². The maximum atomic E-state index is 12.9. The van der Waals surface area contributed by atoms with Gasteiger partial charge in [-0.1, -0.05) is 25.3 Å². The normalized spacial score (nSPS) is 14.0. The first-order valence-electron chi connectivity index (χ1n) is 6.49. The van der Waals surface area contributed by atoms with E-state index in [4.69, 9.17) is 9.47 Å². The molecule has 0 heterocycles. The minimum absolute atomic E-state index is 0.0964. The molecular formula is C16H17F3O4. The molecule has 0 spiro atoms. The van der Waals surface area contributed by atoms with Gasteiger partial charge in [0.2, 0.25) is 0 Å². The van der Waals surface area contributed by atoms with E-state index in [0.717, 1.165) is 19.2 Å². The van der Waals surface area contributed by atoms with E-state index < -0.39 is 30.1 Å². The highest BCUT2D eigenvalue weighted by Crippen LogP contribution is 2.34. The van der Waals surface area contributed by atoms with Gasteiger partial charge in [0.25, 0.3) is 0 Å². The fraction of sp³-hybridized carbons (Fsp3) is 0.312. The van der Waals surface area contributed by atoms with Gasteiger partial charge in [-0.15, -0.1) is 0 Å². The molecule has 0 aliphatic heterocycles. The third-order valence-electron chi connectivity index (χ3n) is 2.98. The van der Waals surface area contributed by atoms with E-state index in [1.165, 1.54) is 25.3 Å². The topological polar surface area (TPSA) is 44.8 Å². The molecule has 126 valence electrons. The van der Waals surface area contributed by atoms with Crippen molar-refractivity contribution in [3.63, 3.8) is 0 Å². The quantitative estimate of drug-likeness (QED) is 0.331. The number of esters is 1. The van der Waals surface area contributed by atoms with E-state index in [1.54, 1.807) is 0 Å². The van der Waals surface area contributed by atoms with Crippen LogP contribution in [0.15, 0.2) is 49.1 Å². The second kappa shape index (κ2) is 7.94. The number of rotatable bonds is 7. The molecule has 23 heavy (non-hydrogen) atoms. The summed E-state index contributed by atoms with van der Waals surface area (Å²) in [5, 5.41) is 0. The number of hydrogen-bond donors (Lipinski definition) is 0. The number of alkyl halides is 3. The summed E-state index contributed by atoms with van der Waals surface area (Å²) >= 11 is 0. The third kappa shape index (κ3) is 4.94. The number of hydrogen-bond acceptors (Lipinski definition) is 4. The van der Waals surface area contributed by atoms with Crippen molar-refractivity contribution in [1.82, 2.24) is 0 Å². The van der Waals surface area contributed by atoms with Crippen molar-refractivity contribution in [2.75, 3.05) is 14.2 Å². The van der Waals surface area contributed by atoms with Gasteiger partial charge in [0.05, 0.1) is 18.2 Å². The van der Waals surface area contributed by atoms with Crippen molar-refractivity contribution >= 4 is 5.97 Å². The first kappa shape index (κ1) is 18.9. The Balaban J connectivity index is 3.25. The molecule has 0 fully saturated rings. The molecule has 1 rings (SSSR count). The largest absolute Gasteiger partial charge is 0.466 e. The minimum Gasteiger partial charge on any atom is -0.466 e. The number of benzene rings is 1. The van der Waals surface area contributed by atoms with Crippen LogP contribution in [-0.2, 0) is 25.2 Å². The smallest absolute Gasteiger partial charge is 0.416 e. The Morgan fingerprint density at radius 3 is 2.43 bits per heavy atom. The van der Waals surface area contributed by atoms with Crippen molar-refractivity contribution in [1.29, 1.82) is 0 Å². The zero-order valence-electron chi connectivity index (χ0n) is 12.7. The van der Waals surface area contributed by atoms with Gasteiger partial charge >= 0.3 is 12.1 Å². The molecular weight excluding hydrogens is 313 g/mol. The highest BCUT2D eigenvalue weighted by molar-refractivity contribution is 5.89. The molecule has 0 saturated heterocycles. The lowest BCUT2D eigenvalue weighted by molar-refractivity contribution is -0.144. The maximum Gasteiger partial charge on any atom is 0.416 e. The fourth-order valence-corrected chi connectivity index (χ4v) is 1.82. The van der Waals surface area contributed by atoms with Crippen LogP contribution in [0.2, 0.25) is 0 Å². The summed E-state index contributed by atoms with van der Waals surface area (Å²) in [5.74, 6) is -0.800. The number of carbonyl (C=O) groups is 1. The maximum absolute atomic E-state index is 12.9. The first-order chi connectivity index (χ1) is 10.7. The van der Waals surface area contributed by atoms with Crippen LogP contribution in [0.25, 0.3) is 0 Å². The minimum atomic E-state index is -4.52. The molecule has 1 aromatic rings. The molecule has 0 N–H and O–H groups in total. The summed E-state index contributed by atoms with van der Waals surface area (Å²) in [7, 11) is 2.47. The number of carbonyl (C=O) groups excluding carboxylic acids is 1. The second-order valence-electron chi connectivity index (χ2n) is 4.50. The van der Waals surface area contributed by atoms with Crippen molar-refractivity contribution in [3.05, 3.63) is 60.2 Å². The molecule has 0 saturated carbocycles. The molecule has 0 aliphatic carbocycles. The van der Waals surface area contributed by atoms with Crippen molar-refractivity contribution in [2.45, 2.75) is 18.6 Å². The average molecular weight is 330 g/mol. The molecule has 0 bridgehead atoms. The van der Waals surface area contributed by atoms with E-state index >= 15 is 0 Å². The van der Waals surface area contributed by atoms with Gasteiger partial charge in [0.15, 0.2) is 6.29 Å². The zero-order valence-corrected chi connectivity index (χ0v) is 12.7. The second-order valence-corrected chi connectivity index (χ2v) is 4.50. The molecule has 2 unspecified atom stereocenters. The standard InChI is InChI=1S/C16H17F3O4/c1-5-13(21-3)23-14(10(2)15(20)22-4)11-7-6-8-12(9-11)16(17,18)19/h5-9,13-14H,1-2H2,3-4H3. The van der Waals surface area contributed by atoms with Crippen LogP contribution < -0.4 is 0 Å². The predicted molar refractivity (Wildman–Crippen MR) is 77.4 cm³/mol. The van der Waals surface area contributed by atoms with E-state index in [0.29, 0.717) is 0 Å². The summed E-state index contributed by atoms with van der Waals surface area (Å²) in [5.41, 5.74) is -0.927. The highest BCUT2D eigenvalue weighted by atomic mass is 19.4. The average Bonchev–Trinajstić information content (AvgIpc) is 2.54. The third-order valence-corrected chi connectivity index (χ3v) is 2.98. The van der Waals surface area contributed by atoms with Crippen molar-refractivity contribution < 1.29 is 32.2 Å². The van der Waals surface area contributed by atoms with Gasteiger partial charge in [0, 0.05) is 7.11 Å². The number of halogens is 3. The molecule has 4 nitrogen and oxygen atoms in total. The summed E-state index contributed by atoms with van der Waals surface area (Å²) in [6.45, 7) is 7.03. The monoisotopic (exact) mass is 330 g/mol. The van der Waals surface area contributed by atoms with Gasteiger partial charge in [-0.3, -0.25) is 0 Å². The Morgan fingerprint density at radius 1 is 1.30 bits per heavy atom. The fourth-order valence-electron chi connectivity index (χ4n) is 1.82. The summed E-state index contributed by atoms with van der Waals surface area (Å²) in [6, 6.07) is 4.41. The summed E-state index contributed by atoms with van der Waals surface area (Å²) in [6.07, 6.45) is -5.33. The van der Waals surface area contributed by atoms with Crippen LogP contribution in [0.4, 0.5) is 13.2 Å². The summed E-state index contributed by atoms with van der Waals surface area (Å²) in [4.78, 5) is 11.7. The molecule has 7 heteroatoms. The zero-order chi connectivity index (χ0) is 17.6. The number of methoxy groups -OCH3 is 2. The molecule has 0 radical (unpaired) electrons. The van der Waals surface area contributed by atoms with Crippen LogP contribution in [-0.4, -0.2) is 26.5 Å². The Labute approximate surface area is 132 Å². The number of ether oxygens (including phenoxy) is 3. The van der Waals surface area contributed by atoms with Crippen LogP contribution in [0, 0.1) is 0 Å². The molecule has 1 aromatic carbocycles. The van der Waals surface area contributed by atoms with Crippen molar-refractivity contribution in [3.8, 4) is 0 Å². The van der Waals surface area contributed by atoms with Gasteiger partial charge in [-0.25, -0.2) is 4.79 Å². The van der Waals surface area contributed by atoms with E-state index in [9.17, 15) is 18.0 Å². The van der Waals surface area contributed by atoms with Gasteiger partial charge in [0.1, 0.15) is 6.10 Å². The van der Waals surface area contributed by atoms with E-state index in [2.05, 4.69) is 17.9 Å². The Bertz CT molecular complexity index is 581. The van der Waals surface area contributed by atoms with Crippen LogP contribution in [0.1, 0.15) is 17.2 Å². The highest BCUT2D eigenvalue weighted by Gasteiger charge is 2.32. The van der Waals surface area contributed by atoms with E-state index in [-0.39, 0.29) is 11.1 Å². The summed E-state index contributed by atoms with van der Waals surface area (Å²) < 4.78 is 53.6. The lowest BCUT2D eigenvalue weighted by atomic mass is 10.00. The van der Waals surface area contributed by atoms with Crippen LogP contribution in [0.5, 0.6) is 0 Å². The Hall–Kier alpha value is -2.12. The van der Waals surface area contributed by atoms with Gasteiger partial charge < -0.3 is 14.2 Å². The molecule has 0 aromatic heterocycles. The van der Waals surface area contributed by atoms with Crippen molar-refractivity contribution in [2.24, 2.45) is 0 Å². The van der Waals surface area contributed by atoms with Crippen LogP contribution >= 0.6 is 0 Å². The SMILES string of the molecule is C=CC(OC)OC(C(=C)C(=O)OC)c1cccc(C(F)(F)F)c1. The molecule has 0 amide bonds. The Morgan fingerprint density at radius 2 is 1.96 bits per heavy atom. The first-order valence-corrected chi connectivity index (χ1v) is 6.49. The molecule has 2 atom stereocenters. The van der Waals surface area contributed by atoms with Crippen LogP contribution in [0.3, 0.4) is 0 Å². The molecule has 0 aliphatic rings. The lowest BCUT2D eigenvalue weighted by Gasteiger charge is -2.23. The van der Waals surface area contributed by atoms with Gasteiger partial charge in [-0.05, 0) is 23.8 Å². The predicted octanol–water partition coefficient (Wildman–Crippen LogP) is 3.65. The Kier molecular flexibility index (Phi) is 6.53. The van der Waals surface area contributed by atoms with Gasteiger partial charge in [-0.2, -0.15) is 13.2 Å².